The molecule has 0 aliphatic heterocycles. The minimum atomic E-state index is -1.02. The van der Waals surface area contributed by atoms with Gasteiger partial charge in [-0.2, -0.15) is 5.23 Å². The molecule has 2 aromatic rings. The Labute approximate surface area is 137 Å². The third-order valence-electron chi connectivity index (χ3n) is 3.80. The minimum absolute atomic E-state index is 0.00155. The molecule has 1 aliphatic carbocycles. The number of aromatic nitrogens is 1. The highest BCUT2D eigenvalue weighted by atomic mass is 16.8. The van der Waals surface area contributed by atoms with Crippen LogP contribution in [-0.4, -0.2) is 34.0 Å². The molecular weight excluding hydrogens is 310 g/mol. The number of ketones is 2. The number of nitrogens with one attached hydrogen (secondary N) is 1. The number of Topliss-reactive ketones (excluding diaryl/α,β-unsaturated/α-hetero) is 2. The maximum atomic E-state index is 12.4. The van der Waals surface area contributed by atoms with Gasteiger partial charge < -0.3 is 5.21 Å². The molecule has 3 rings (SSSR count). The lowest BCUT2D eigenvalue weighted by molar-refractivity contribution is -0.991. The van der Waals surface area contributed by atoms with Gasteiger partial charge in [-0.1, -0.05) is 24.3 Å². The molecule has 1 aliphatic rings. The van der Waals surface area contributed by atoms with E-state index < -0.39 is 5.23 Å². The molecule has 24 heavy (non-hydrogen) atoms. The van der Waals surface area contributed by atoms with Crippen molar-refractivity contribution in [2.75, 3.05) is 6.54 Å². The predicted octanol–water partition coefficient (Wildman–Crippen LogP) is 0.938. The van der Waals surface area contributed by atoms with Gasteiger partial charge in [0.1, 0.15) is 0 Å². The summed E-state index contributed by atoms with van der Waals surface area (Å²) < 4.78 is 0. The number of nitrogens with zero attached hydrogens (tertiary/aromatic N) is 2. The number of fused-ring (bicyclic) bond motifs is 1. The van der Waals surface area contributed by atoms with Crippen LogP contribution in [0.25, 0.3) is 0 Å². The number of carbonyl (C=O) groups excluding carboxylic acids is 2. The van der Waals surface area contributed by atoms with Crippen LogP contribution in [0.15, 0.2) is 47.6 Å². The second kappa shape index (κ2) is 6.79. The van der Waals surface area contributed by atoms with Crippen LogP contribution in [0.1, 0.15) is 32.8 Å². The highest BCUT2D eigenvalue weighted by molar-refractivity contribution is 6.52. The fraction of sp³-hybridized carbons (Fsp3) is 0.176. The Balaban J connectivity index is 1.73. The highest BCUT2D eigenvalue weighted by Crippen LogP contribution is 2.19. The number of benzene rings is 1. The number of hydrogen-bond acceptors (Lipinski definition) is 6. The number of quaternary nitrogens is 1. The molecule has 2 N–H and O–H groups in total. The molecule has 122 valence electrons. The first-order chi connectivity index (χ1) is 11.6. The first-order valence-corrected chi connectivity index (χ1v) is 7.44. The molecule has 0 fully saturated rings. The van der Waals surface area contributed by atoms with Crippen LogP contribution >= 0.6 is 0 Å². The van der Waals surface area contributed by atoms with Crippen LogP contribution in [0.2, 0.25) is 0 Å². The Kier molecular flexibility index (Phi) is 4.57. The lowest BCUT2D eigenvalue weighted by Gasteiger charge is -2.15. The van der Waals surface area contributed by atoms with Gasteiger partial charge in [-0.3, -0.25) is 19.6 Å². The molecule has 0 amide bonds. The zero-order valence-corrected chi connectivity index (χ0v) is 12.7. The van der Waals surface area contributed by atoms with Crippen LogP contribution in [0.4, 0.5) is 5.69 Å². The van der Waals surface area contributed by atoms with Gasteiger partial charge in [-0.25, -0.2) is 5.21 Å². The quantitative estimate of drug-likeness (QED) is 0.814. The lowest BCUT2D eigenvalue weighted by Crippen LogP contribution is -2.99. The van der Waals surface area contributed by atoms with Crippen LogP contribution in [-0.2, 0) is 6.42 Å². The van der Waals surface area contributed by atoms with Gasteiger partial charge in [0.15, 0.2) is 11.5 Å². The summed E-state index contributed by atoms with van der Waals surface area (Å²) in [6.45, 7) is 0.270. The summed E-state index contributed by atoms with van der Waals surface area (Å²) in [6, 6.07) is 9.61. The van der Waals surface area contributed by atoms with Crippen molar-refractivity contribution in [1.29, 1.82) is 0 Å². The molecule has 1 heterocycles. The fourth-order valence-corrected chi connectivity index (χ4v) is 2.59. The molecule has 0 radical (unpaired) electrons. The molecule has 1 aromatic carbocycles. The van der Waals surface area contributed by atoms with Crippen molar-refractivity contribution < 1.29 is 20.0 Å². The second-order valence-corrected chi connectivity index (χ2v) is 5.39. The smallest absolute Gasteiger partial charge is 0.207 e. The Morgan fingerprint density at radius 2 is 1.96 bits per heavy atom. The molecule has 7 nitrogen and oxygen atoms in total. The summed E-state index contributed by atoms with van der Waals surface area (Å²) in [5.41, 5.74) is 1.81. The monoisotopic (exact) mass is 325 g/mol. The Hall–Kier alpha value is -2.74. The van der Waals surface area contributed by atoms with E-state index in [9.17, 15) is 14.8 Å². The summed E-state index contributed by atoms with van der Waals surface area (Å²) >= 11 is 0. The van der Waals surface area contributed by atoms with Crippen LogP contribution in [0.5, 0.6) is 0 Å². The van der Waals surface area contributed by atoms with Crippen molar-refractivity contribution in [2.45, 2.75) is 12.8 Å². The molecule has 1 atom stereocenters. The van der Waals surface area contributed by atoms with E-state index in [0.717, 1.165) is 0 Å². The van der Waals surface area contributed by atoms with E-state index >= 15 is 0 Å². The fourth-order valence-electron chi connectivity index (χ4n) is 2.59. The van der Waals surface area contributed by atoms with Gasteiger partial charge in [0.05, 0.1) is 12.1 Å². The van der Waals surface area contributed by atoms with Gasteiger partial charge >= 0.3 is 0 Å². The van der Waals surface area contributed by atoms with Crippen molar-refractivity contribution in [3.8, 4) is 0 Å². The van der Waals surface area contributed by atoms with Gasteiger partial charge in [0.25, 0.3) is 0 Å². The van der Waals surface area contributed by atoms with Crippen LogP contribution in [0, 0.1) is 5.21 Å². The maximum absolute atomic E-state index is 12.4. The average Bonchev–Trinajstić information content (AvgIpc) is 2.59. The van der Waals surface area contributed by atoms with Crippen LogP contribution in [0.3, 0.4) is 0 Å². The zero-order chi connectivity index (χ0) is 17.1. The number of aliphatic imine (C=N–C) groups is 1. The summed E-state index contributed by atoms with van der Waals surface area (Å²) in [4.78, 5) is 32.8. The largest absolute Gasteiger partial charge is 0.595 e. The van der Waals surface area contributed by atoms with E-state index in [4.69, 9.17) is 5.21 Å². The Morgan fingerprint density at radius 1 is 1.21 bits per heavy atom. The topological polar surface area (TPSA) is 107 Å². The van der Waals surface area contributed by atoms with Crippen molar-refractivity contribution >= 4 is 23.0 Å². The van der Waals surface area contributed by atoms with Gasteiger partial charge in [-0.05, 0) is 0 Å². The molecule has 0 spiro atoms. The molecule has 0 bridgehead atoms. The number of carbonyl (C=O) groups is 2. The maximum Gasteiger partial charge on any atom is 0.207 e. The lowest BCUT2D eigenvalue weighted by atomic mass is 9.88. The molecular formula is C17H15N3O4. The number of hydrogen-bond donors (Lipinski definition) is 2. The summed E-state index contributed by atoms with van der Waals surface area (Å²) in [5.74, 6) is -0.340. The SMILES string of the molecule is O=C1CC(=NCCc2cc([NH+]([O-])O)ccn2)C(=O)c2ccccc21. The van der Waals surface area contributed by atoms with Crippen molar-refractivity contribution in [3.05, 3.63) is 64.6 Å². The molecule has 1 aromatic heterocycles. The van der Waals surface area contributed by atoms with Crippen molar-refractivity contribution in [2.24, 2.45) is 4.99 Å². The van der Waals surface area contributed by atoms with E-state index in [1.54, 1.807) is 24.3 Å². The number of pyridine rings is 1. The van der Waals surface area contributed by atoms with Crippen LogP contribution < -0.4 is 5.23 Å². The molecule has 1 unspecified atom stereocenters. The third-order valence-corrected chi connectivity index (χ3v) is 3.80. The Morgan fingerprint density at radius 3 is 2.71 bits per heavy atom. The van der Waals surface area contributed by atoms with E-state index in [2.05, 4.69) is 9.98 Å². The number of rotatable bonds is 4. The van der Waals surface area contributed by atoms with Gasteiger partial charge in [-0.15, -0.1) is 0 Å². The predicted molar refractivity (Wildman–Crippen MR) is 85.7 cm³/mol. The van der Waals surface area contributed by atoms with Crippen molar-refractivity contribution in [3.63, 3.8) is 0 Å². The third kappa shape index (κ3) is 3.28. The van der Waals surface area contributed by atoms with E-state index in [1.165, 1.54) is 18.3 Å². The van der Waals surface area contributed by atoms with Gasteiger partial charge in [0.2, 0.25) is 5.78 Å². The second-order valence-electron chi connectivity index (χ2n) is 5.39. The molecule has 0 saturated heterocycles. The standard InChI is InChI=1S/C17H15N3O4/c21-16-10-15(17(22)14-4-2-1-3-13(14)16)19-7-5-11-9-12(20(23)24)6-8-18-11/h1-4,6,8-9,20,23H,5,7,10H2. The van der Waals surface area contributed by atoms with E-state index in [1.807, 2.05) is 0 Å². The normalized spacial score (nSPS) is 17.0. The van der Waals surface area contributed by atoms with Crippen molar-refractivity contribution in [1.82, 2.24) is 4.98 Å². The summed E-state index contributed by atoms with van der Waals surface area (Å²) in [5, 5.41) is 18.9. The zero-order valence-electron chi connectivity index (χ0n) is 12.7. The van der Waals surface area contributed by atoms with Gasteiger partial charge in [0, 0.05) is 48.1 Å². The first kappa shape index (κ1) is 16.1. The molecule has 0 saturated carbocycles. The van der Waals surface area contributed by atoms with E-state index in [0.29, 0.717) is 23.2 Å². The molecule has 7 heteroatoms. The summed E-state index contributed by atoms with van der Waals surface area (Å²) in [6.07, 6.45) is 1.82. The first-order valence-electron chi connectivity index (χ1n) is 7.44. The van der Waals surface area contributed by atoms with E-state index in [-0.39, 0.29) is 35.9 Å². The minimum Gasteiger partial charge on any atom is -0.595 e. The summed E-state index contributed by atoms with van der Waals surface area (Å²) in [7, 11) is 0. The Bertz CT molecular complexity index is 830. The highest BCUT2D eigenvalue weighted by Gasteiger charge is 2.28. The average molecular weight is 325 g/mol.